The van der Waals surface area contributed by atoms with Crippen LogP contribution in [-0.4, -0.2) is 71.9 Å². The number of hydrogen-bond acceptors (Lipinski definition) is 8. The Kier molecular flexibility index (Phi) is 7.26. The number of benzene rings is 2. The third kappa shape index (κ3) is 5.44. The maximum absolute atomic E-state index is 13.1. The van der Waals surface area contributed by atoms with E-state index in [1.165, 1.54) is 4.90 Å². The molecule has 3 aromatic heterocycles. The smallest absolute Gasteiger partial charge is 0.410 e. The number of amides is 2. The normalized spacial score (nSPS) is 15.8. The fourth-order valence-corrected chi connectivity index (χ4v) is 5.08. The molecule has 12 nitrogen and oxygen atoms in total. The number of para-hydroxylation sites is 1. The Bertz CT molecular complexity index is 1730. The molecule has 5 aromatic rings. The number of ether oxygens (including phenoxy) is 1. The molecule has 13 heteroatoms. The van der Waals surface area contributed by atoms with Gasteiger partial charge in [-0.05, 0) is 47.5 Å². The van der Waals surface area contributed by atoms with Crippen molar-refractivity contribution < 1.29 is 14.3 Å². The van der Waals surface area contributed by atoms with Crippen molar-refractivity contribution in [2.24, 2.45) is 0 Å². The molecule has 0 radical (unpaired) electrons. The first-order valence-corrected chi connectivity index (χ1v) is 14.1. The second-order valence-corrected chi connectivity index (χ2v) is 10.9. The van der Waals surface area contributed by atoms with Gasteiger partial charge in [0.25, 0.3) is 0 Å². The highest BCUT2D eigenvalue weighted by atomic mass is 79.9. The average molecular weight is 618 g/mol. The molecule has 0 bridgehead atoms. The zero-order valence-corrected chi connectivity index (χ0v) is 24.1. The minimum absolute atomic E-state index is 0.0827. The van der Waals surface area contributed by atoms with Gasteiger partial charge in [-0.1, -0.05) is 36.4 Å². The van der Waals surface area contributed by atoms with Gasteiger partial charge in [-0.25, -0.2) is 14.8 Å². The predicted molar refractivity (Wildman–Crippen MR) is 156 cm³/mol. The van der Waals surface area contributed by atoms with Crippen molar-refractivity contribution in [2.45, 2.75) is 32.5 Å². The van der Waals surface area contributed by atoms with Crippen LogP contribution in [0.4, 0.5) is 10.7 Å². The molecule has 2 aromatic carbocycles. The van der Waals surface area contributed by atoms with E-state index in [1.54, 1.807) is 10.7 Å². The van der Waals surface area contributed by atoms with E-state index in [-0.39, 0.29) is 25.1 Å². The van der Waals surface area contributed by atoms with Gasteiger partial charge in [-0.3, -0.25) is 9.48 Å². The summed E-state index contributed by atoms with van der Waals surface area (Å²) in [6.45, 7) is 4.94. The second kappa shape index (κ2) is 11.2. The first-order valence-electron chi connectivity index (χ1n) is 13.3. The lowest BCUT2D eigenvalue weighted by Crippen LogP contribution is -2.44. The van der Waals surface area contributed by atoms with Crippen LogP contribution in [0.5, 0.6) is 0 Å². The van der Waals surface area contributed by atoms with Crippen LogP contribution >= 0.6 is 15.9 Å². The van der Waals surface area contributed by atoms with Crippen LogP contribution in [0.3, 0.4) is 0 Å². The topological polar surface area (TPSA) is 132 Å². The summed E-state index contributed by atoms with van der Waals surface area (Å²) in [6, 6.07) is 14.6. The highest BCUT2D eigenvalue weighted by molar-refractivity contribution is 9.10. The standard InChI is InChI=1S/C28H28BrN9O3/c1-17(2)37-14-19(13-31-37)24-34-25-20-9-6-10-21(29)23(20)33-27(38(25)35-24)32-22-15-36(12-11-30-26(22)39)28(40)41-16-18-7-4-3-5-8-18/h3-10,13-14,17,22H,11-12,15-16H2,1-2H3,(H,30,39)(H,32,33)/t22-/m1/s1. The number of carbonyl (C=O) groups excluding carboxylic acids is 2. The maximum Gasteiger partial charge on any atom is 0.410 e. The van der Waals surface area contributed by atoms with Crippen LogP contribution in [0, 0.1) is 0 Å². The molecule has 4 heterocycles. The molecule has 210 valence electrons. The van der Waals surface area contributed by atoms with E-state index in [1.807, 2.05) is 73.3 Å². The van der Waals surface area contributed by atoms with Gasteiger partial charge in [0, 0.05) is 35.2 Å². The fraction of sp³-hybridized carbons (Fsp3) is 0.286. The molecule has 1 aliphatic heterocycles. The number of aromatic nitrogens is 6. The second-order valence-electron chi connectivity index (χ2n) is 10.0. The minimum Gasteiger partial charge on any atom is -0.445 e. The van der Waals surface area contributed by atoms with Crippen molar-refractivity contribution in [3.8, 4) is 11.4 Å². The van der Waals surface area contributed by atoms with Crippen molar-refractivity contribution in [3.05, 3.63) is 71.0 Å². The molecular formula is C28H28BrN9O3. The van der Waals surface area contributed by atoms with Crippen LogP contribution in [-0.2, 0) is 16.1 Å². The van der Waals surface area contributed by atoms with Crippen LogP contribution in [0.1, 0.15) is 25.5 Å². The Hall–Kier alpha value is -4.52. The Morgan fingerprint density at radius 2 is 2.00 bits per heavy atom. The summed E-state index contributed by atoms with van der Waals surface area (Å²) in [5.74, 6) is 0.531. The molecule has 1 fully saturated rings. The van der Waals surface area contributed by atoms with E-state index in [9.17, 15) is 9.59 Å². The molecule has 6 rings (SSSR count). The van der Waals surface area contributed by atoms with E-state index in [0.29, 0.717) is 36.0 Å². The Labute approximate surface area is 243 Å². The summed E-state index contributed by atoms with van der Waals surface area (Å²) in [5.41, 5.74) is 2.87. The SMILES string of the molecule is CC(C)n1cc(-c2nc3c4cccc(Br)c4nc(N[C@@H]4CN(C(=O)OCc5ccccc5)CCNC4=O)n3n2)cn1. The molecule has 1 saturated heterocycles. The minimum atomic E-state index is -0.811. The lowest BCUT2D eigenvalue weighted by Gasteiger charge is -2.23. The molecule has 0 spiro atoms. The molecule has 1 atom stereocenters. The summed E-state index contributed by atoms with van der Waals surface area (Å²) in [4.78, 5) is 37.2. The van der Waals surface area contributed by atoms with Crippen molar-refractivity contribution in [2.75, 3.05) is 25.0 Å². The Morgan fingerprint density at radius 3 is 2.78 bits per heavy atom. The number of rotatable bonds is 6. The van der Waals surface area contributed by atoms with E-state index in [2.05, 4.69) is 31.7 Å². The molecular weight excluding hydrogens is 590 g/mol. The molecule has 0 saturated carbocycles. The van der Waals surface area contributed by atoms with Crippen LogP contribution in [0.15, 0.2) is 65.4 Å². The predicted octanol–water partition coefficient (Wildman–Crippen LogP) is 4.03. The van der Waals surface area contributed by atoms with Gasteiger partial charge in [0.2, 0.25) is 11.9 Å². The molecule has 0 aliphatic carbocycles. The summed E-state index contributed by atoms with van der Waals surface area (Å²) in [7, 11) is 0. The van der Waals surface area contributed by atoms with E-state index < -0.39 is 12.1 Å². The first kappa shape index (κ1) is 26.7. The van der Waals surface area contributed by atoms with Gasteiger partial charge >= 0.3 is 6.09 Å². The molecule has 41 heavy (non-hydrogen) atoms. The lowest BCUT2D eigenvalue weighted by molar-refractivity contribution is -0.121. The van der Waals surface area contributed by atoms with Gasteiger partial charge < -0.3 is 20.3 Å². The van der Waals surface area contributed by atoms with Crippen molar-refractivity contribution >= 4 is 50.4 Å². The Balaban J connectivity index is 1.32. The number of fused-ring (bicyclic) bond motifs is 3. The summed E-state index contributed by atoms with van der Waals surface area (Å²) in [5, 5.41) is 16.0. The van der Waals surface area contributed by atoms with Crippen LogP contribution in [0.2, 0.25) is 0 Å². The van der Waals surface area contributed by atoms with Gasteiger partial charge in [-0.2, -0.15) is 9.61 Å². The summed E-state index contributed by atoms with van der Waals surface area (Å²) in [6.07, 6.45) is 3.13. The maximum atomic E-state index is 13.1. The Morgan fingerprint density at radius 1 is 1.17 bits per heavy atom. The number of nitrogens with zero attached hydrogens (tertiary/aromatic N) is 7. The van der Waals surface area contributed by atoms with E-state index in [0.717, 1.165) is 21.0 Å². The third-order valence-electron chi connectivity index (χ3n) is 6.81. The lowest BCUT2D eigenvalue weighted by atomic mass is 10.2. The largest absolute Gasteiger partial charge is 0.445 e. The molecule has 0 unspecified atom stereocenters. The number of nitrogens with one attached hydrogen (secondary N) is 2. The van der Waals surface area contributed by atoms with Crippen molar-refractivity contribution in [3.63, 3.8) is 0 Å². The van der Waals surface area contributed by atoms with Gasteiger partial charge in [-0.15, -0.1) is 5.10 Å². The third-order valence-corrected chi connectivity index (χ3v) is 7.45. The van der Waals surface area contributed by atoms with Crippen LogP contribution in [0.25, 0.3) is 27.9 Å². The van der Waals surface area contributed by atoms with Crippen molar-refractivity contribution in [1.29, 1.82) is 0 Å². The number of carbonyl (C=O) groups is 2. The highest BCUT2D eigenvalue weighted by Crippen LogP contribution is 2.29. The average Bonchev–Trinajstić information content (AvgIpc) is 3.60. The van der Waals surface area contributed by atoms with Gasteiger partial charge in [0.05, 0.1) is 23.8 Å². The van der Waals surface area contributed by atoms with Crippen LogP contribution < -0.4 is 10.6 Å². The van der Waals surface area contributed by atoms with Crippen molar-refractivity contribution in [1.82, 2.24) is 39.6 Å². The summed E-state index contributed by atoms with van der Waals surface area (Å²) < 4.78 is 9.74. The number of anilines is 1. The molecule has 2 N–H and O–H groups in total. The molecule has 1 aliphatic rings. The molecule has 2 amide bonds. The number of halogens is 1. The van der Waals surface area contributed by atoms with Gasteiger partial charge in [0.15, 0.2) is 11.5 Å². The highest BCUT2D eigenvalue weighted by Gasteiger charge is 2.30. The first-order chi connectivity index (χ1) is 19.9. The monoisotopic (exact) mass is 617 g/mol. The fourth-order valence-electron chi connectivity index (χ4n) is 4.62. The number of hydrogen-bond donors (Lipinski definition) is 2. The van der Waals surface area contributed by atoms with Gasteiger partial charge in [0.1, 0.15) is 12.6 Å². The van der Waals surface area contributed by atoms with E-state index in [4.69, 9.17) is 19.8 Å². The summed E-state index contributed by atoms with van der Waals surface area (Å²) >= 11 is 3.59. The quantitative estimate of drug-likeness (QED) is 0.292. The zero-order chi connectivity index (χ0) is 28.5. The zero-order valence-electron chi connectivity index (χ0n) is 22.5. The van der Waals surface area contributed by atoms with E-state index >= 15 is 0 Å².